The van der Waals surface area contributed by atoms with Crippen molar-refractivity contribution >= 4 is 44.0 Å². The van der Waals surface area contributed by atoms with E-state index in [1.165, 1.54) is 0 Å². The summed E-state index contributed by atoms with van der Waals surface area (Å²) in [5.74, 6) is 0.214. The molecule has 2 amide bonds. The molecule has 1 aliphatic carbocycles. The second kappa shape index (κ2) is 11.6. The predicted molar refractivity (Wildman–Crippen MR) is 165 cm³/mol. The normalized spacial score (nSPS) is 18.5. The predicted octanol–water partition coefficient (Wildman–Crippen LogP) is 3.87. The average Bonchev–Trinajstić information content (AvgIpc) is 3.86. The van der Waals surface area contributed by atoms with Crippen LogP contribution in [-0.4, -0.2) is 93.3 Å². The number of benzene rings is 3. The lowest BCUT2D eigenvalue weighted by Gasteiger charge is -2.39. The van der Waals surface area contributed by atoms with E-state index in [0.717, 1.165) is 55.5 Å². The van der Waals surface area contributed by atoms with Gasteiger partial charge in [-0.2, -0.15) is 0 Å². The molecule has 1 saturated carbocycles. The van der Waals surface area contributed by atoms with Crippen molar-refractivity contribution in [2.45, 2.75) is 37.6 Å². The Hall–Kier alpha value is -3.63. The fraction of sp³-hybridized carbons (Fsp3) is 0.438. The first-order valence-electron chi connectivity index (χ1n) is 14.9. The maximum absolute atomic E-state index is 13.7. The number of rotatable bonds is 7. The highest BCUT2D eigenvalue weighted by molar-refractivity contribution is 7.92. The van der Waals surface area contributed by atoms with Gasteiger partial charge in [0, 0.05) is 69.9 Å². The van der Waals surface area contributed by atoms with E-state index in [1.807, 2.05) is 41.3 Å². The number of carbonyl (C=O) groups is 2. The fourth-order valence-electron chi connectivity index (χ4n) is 5.95. The second-order valence-electron chi connectivity index (χ2n) is 11.9. The van der Waals surface area contributed by atoms with E-state index >= 15 is 0 Å². The molecule has 0 radical (unpaired) electrons. The summed E-state index contributed by atoms with van der Waals surface area (Å²) in [6.07, 6.45) is 1.93. The summed E-state index contributed by atoms with van der Waals surface area (Å²) in [4.78, 5) is 34.4. The van der Waals surface area contributed by atoms with Crippen LogP contribution in [0.2, 0.25) is 0 Å². The van der Waals surface area contributed by atoms with E-state index in [4.69, 9.17) is 0 Å². The van der Waals surface area contributed by atoms with Crippen molar-refractivity contribution in [3.05, 3.63) is 66.2 Å². The van der Waals surface area contributed by atoms with Gasteiger partial charge in [-0.1, -0.05) is 30.3 Å². The van der Waals surface area contributed by atoms with Gasteiger partial charge in [-0.25, -0.2) is 8.42 Å². The molecule has 1 N–H and O–H groups in total. The molecule has 0 aromatic heterocycles. The van der Waals surface area contributed by atoms with Gasteiger partial charge in [0.05, 0.1) is 16.3 Å². The SMILES string of the molecule is CC(C)N1CCN(c2ccc(C(=O)N3CCN(C(=O)C4CC4)CC3)cc2NS(=O)(=O)c2ccc3ccccc3c2)CC1. The Bertz CT molecular complexity index is 1590. The molecule has 3 aliphatic rings. The molecule has 222 valence electrons. The topological polar surface area (TPSA) is 93.3 Å². The van der Waals surface area contributed by atoms with Crippen molar-refractivity contribution in [1.29, 1.82) is 0 Å². The lowest BCUT2D eigenvalue weighted by molar-refractivity contribution is -0.134. The highest BCUT2D eigenvalue weighted by Crippen LogP contribution is 2.33. The van der Waals surface area contributed by atoms with Crippen molar-refractivity contribution in [1.82, 2.24) is 14.7 Å². The zero-order chi connectivity index (χ0) is 29.4. The van der Waals surface area contributed by atoms with Crippen LogP contribution in [0.5, 0.6) is 0 Å². The number of amides is 2. The maximum atomic E-state index is 13.7. The lowest BCUT2D eigenvalue weighted by atomic mass is 10.1. The molecule has 42 heavy (non-hydrogen) atoms. The van der Waals surface area contributed by atoms with Crippen LogP contribution >= 0.6 is 0 Å². The third-order valence-corrected chi connectivity index (χ3v) is 10.1. The third kappa shape index (κ3) is 5.96. The van der Waals surface area contributed by atoms with Crippen LogP contribution in [0.1, 0.15) is 37.0 Å². The van der Waals surface area contributed by atoms with E-state index in [0.29, 0.717) is 43.5 Å². The monoisotopic (exact) mass is 589 g/mol. The minimum Gasteiger partial charge on any atom is -0.367 e. The summed E-state index contributed by atoms with van der Waals surface area (Å²) in [7, 11) is -3.93. The number of nitrogens with zero attached hydrogens (tertiary/aromatic N) is 4. The van der Waals surface area contributed by atoms with Crippen LogP contribution in [0.4, 0.5) is 11.4 Å². The van der Waals surface area contributed by atoms with Crippen molar-refractivity contribution in [3.8, 4) is 0 Å². The zero-order valence-corrected chi connectivity index (χ0v) is 25.1. The summed E-state index contributed by atoms with van der Waals surface area (Å²) in [5, 5.41) is 1.81. The summed E-state index contributed by atoms with van der Waals surface area (Å²) in [6.45, 7) is 9.62. The first-order chi connectivity index (χ1) is 20.2. The molecule has 0 unspecified atom stereocenters. The largest absolute Gasteiger partial charge is 0.367 e. The van der Waals surface area contributed by atoms with Gasteiger partial charge in [0.1, 0.15) is 0 Å². The van der Waals surface area contributed by atoms with Crippen LogP contribution in [0.3, 0.4) is 0 Å². The smallest absolute Gasteiger partial charge is 0.261 e. The molecule has 0 spiro atoms. The van der Waals surface area contributed by atoms with Crippen LogP contribution < -0.4 is 9.62 Å². The lowest BCUT2D eigenvalue weighted by Crippen LogP contribution is -2.51. The average molecular weight is 590 g/mol. The highest BCUT2D eigenvalue weighted by Gasteiger charge is 2.35. The molecule has 2 aliphatic heterocycles. The van der Waals surface area contributed by atoms with Crippen LogP contribution in [0.25, 0.3) is 10.8 Å². The quantitative estimate of drug-likeness (QED) is 0.450. The second-order valence-corrected chi connectivity index (χ2v) is 13.5. The van der Waals surface area contributed by atoms with Gasteiger partial charge in [0.15, 0.2) is 0 Å². The molecule has 3 fully saturated rings. The van der Waals surface area contributed by atoms with Crippen LogP contribution in [-0.2, 0) is 14.8 Å². The summed E-state index contributed by atoms with van der Waals surface area (Å²) < 4.78 is 30.2. The van der Waals surface area contributed by atoms with Gasteiger partial charge in [-0.05, 0) is 67.8 Å². The van der Waals surface area contributed by atoms with Crippen molar-refractivity contribution in [2.75, 3.05) is 62.0 Å². The van der Waals surface area contributed by atoms with E-state index in [9.17, 15) is 18.0 Å². The number of nitrogens with one attached hydrogen (secondary N) is 1. The molecule has 2 heterocycles. The molecule has 0 atom stereocenters. The van der Waals surface area contributed by atoms with Crippen molar-refractivity contribution < 1.29 is 18.0 Å². The number of carbonyl (C=O) groups excluding carboxylic acids is 2. The molecule has 9 nitrogen and oxygen atoms in total. The number of hydrogen-bond donors (Lipinski definition) is 1. The summed E-state index contributed by atoms with van der Waals surface area (Å²) in [6, 6.07) is 18.5. The Morgan fingerprint density at radius 3 is 2.12 bits per heavy atom. The van der Waals surface area contributed by atoms with E-state index in [2.05, 4.69) is 28.4 Å². The molecular weight excluding hydrogens is 550 g/mol. The number of fused-ring (bicyclic) bond motifs is 1. The molecule has 2 saturated heterocycles. The van der Waals surface area contributed by atoms with Crippen LogP contribution in [0.15, 0.2) is 65.6 Å². The van der Waals surface area contributed by atoms with Gasteiger partial charge >= 0.3 is 0 Å². The number of anilines is 2. The number of hydrogen-bond acceptors (Lipinski definition) is 6. The minimum atomic E-state index is -3.93. The Morgan fingerprint density at radius 2 is 1.45 bits per heavy atom. The summed E-state index contributed by atoms with van der Waals surface area (Å²) >= 11 is 0. The van der Waals surface area contributed by atoms with Gasteiger partial charge in [-0.3, -0.25) is 19.2 Å². The Morgan fingerprint density at radius 1 is 0.786 bits per heavy atom. The fourth-order valence-corrected chi connectivity index (χ4v) is 7.05. The van der Waals surface area contributed by atoms with Crippen molar-refractivity contribution in [2.24, 2.45) is 5.92 Å². The highest BCUT2D eigenvalue weighted by atomic mass is 32.2. The van der Waals surface area contributed by atoms with Gasteiger partial charge in [-0.15, -0.1) is 0 Å². The van der Waals surface area contributed by atoms with E-state index in [-0.39, 0.29) is 22.6 Å². The summed E-state index contributed by atoms with van der Waals surface area (Å²) in [5.41, 5.74) is 1.59. The number of sulfonamides is 1. The van der Waals surface area contributed by atoms with E-state index < -0.39 is 10.0 Å². The first kappa shape index (κ1) is 28.5. The maximum Gasteiger partial charge on any atom is 0.261 e. The van der Waals surface area contributed by atoms with Gasteiger partial charge in [0.25, 0.3) is 15.9 Å². The Labute approximate surface area is 248 Å². The zero-order valence-electron chi connectivity index (χ0n) is 24.3. The van der Waals surface area contributed by atoms with E-state index in [1.54, 1.807) is 29.2 Å². The molecule has 3 aromatic carbocycles. The van der Waals surface area contributed by atoms with Crippen molar-refractivity contribution in [3.63, 3.8) is 0 Å². The Kier molecular flexibility index (Phi) is 7.85. The van der Waals surface area contributed by atoms with Crippen LogP contribution in [0, 0.1) is 5.92 Å². The molecule has 6 rings (SSSR count). The molecule has 10 heteroatoms. The number of piperazine rings is 2. The molecular formula is C32H39N5O4S. The van der Waals surface area contributed by atoms with Gasteiger partial charge in [0.2, 0.25) is 5.91 Å². The Balaban J connectivity index is 1.26. The third-order valence-electron chi connectivity index (χ3n) is 8.71. The first-order valence-corrected chi connectivity index (χ1v) is 16.4. The standard InChI is InChI=1S/C32H39N5O4S/c1-23(2)34-13-15-35(16-14-34)30-12-10-27(32(39)37-19-17-36(18-20-37)31(38)25-7-8-25)22-29(30)33-42(40,41)28-11-9-24-5-3-4-6-26(24)21-28/h3-6,9-12,21-23,25,33H,7-8,13-20H2,1-2H3. The van der Waals surface area contributed by atoms with Gasteiger partial charge < -0.3 is 14.7 Å². The molecule has 3 aromatic rings. The minimum absolute atomic E-state index is 0.157. The molecule has 0 bridgehead atoms.